The van der Waals surface area contributed by atoms with Crippen LogP contribution in [0.4, 0.5) is 0 Å². The van der Waals surface area contributed by atoms with Crippen molar-refractivity contribution < 1.29 is 4.57 Å². The number of hydrogen-bond donors (Lipinski definition) is 0. The van der Waals surface area contributed by atoms with Gasteiger partial charge >= 0.3 is 0 Å². The first-order valence-corrected chi connectivity index (χ1v) is 9.97. The molecule has 0 saturated carbocycles. The molecule has 3 rings (SSSR count). The summed E-state index contributed by atoms with van der Waals surface area (Å²) in [6.07, 6.45) is 0.250. The van der Waals surface area contributed by atoms with Crippen LogP contribution < -0.4 is 15.9 Å². The Morgan fingerprint density at radius 1 is 0.840 bits per heavy atom. The highest BCUT2D eigenvalue weighted by atomic mass is 31.2. The number of aryl methyl sites for hydroxylation is 2. The SMILES string of the molecule is Cc1cc(CC#N)c(P(=O)(c2ccccc2)c2ccccc2)cc1C. The first kappa shape index (κ1) is 17.2. The molecule has 3 heteroatoms. The number of benzene rings is 3. The largest absolute Gasteiger partial charge is 0.309 e. The van der Waals surface area contributed by atoms with Crippen molar-refractivity contribution in [2.75, 3.05) is 0 Å². The minimum Gasteiger partial charge on any atom is -0.309 e. The summed E-state index contributed by atoms with van der Waals surface area (Å²) in [6.45, 7) is 4.05. The zero-order valence-electron chi connectivity index (χ0n) is 14.4. The Morgan fingerprint density at radius 3 is 1.80 bits per heavy atom. The Balaban J connectivity index is 2.37. The molecule has 3 aromatic carbocycles. The molecule has 0 spiro atoms. The number of nitrogens with zero attached hydrogens (tertiary/aromatic N) is 1. The molecule has 25 heavy (non-hydrogen) atoms. The average Bonchev–Trinajstić information content (AvgIpc) is 2.65. The smallest absolute Gasteiger partial charge is 0.171 e. The fraction of sp³-hybridized carbons (Fsp3) is 0.136. The topological polar surface area (TPSA) is 40.9 Å². The number of nitriles is 1. The van der Waals surface area contributed by atoms with Crippen LogP contribution in [-0.2, 0) is 11.0 Å². The second kappa shape index (κ2) is 7.09. The lowest BCUT2D eigenvalue weighted by molar-refractivity contribution is 0.592. The minimum atomic E-state index is -3.04. The zero-order valence-corrected chi connectivity index (χ0v) is 15.3. The maximum absolute atomic E-state index is 14.5. The molecule has 0 unspecified atom stereocenters. The van der Waals surface area contributed by atoms with E-state index in [0.29, 0.717) is 0 Å². The second-order valence-electron chi connectivity index (χ2n) is 6.18. The monoisotopic (exact) mass is 345 g/mol. The van der Waals surface area contributed by atoms with Crippen molar-refractivity contribution in [3.05, 3.63) is 89.5 Å². The van der Waals surface area contributed by atoms with Crippen molar-refractivity contribution in [3.63, 3.8) is 0 Å². The lowest BCUT2D eigenvalue weighted by Crippen LogP contribution is -2.27. The van der Waals surface area contributed by atoms with Gasteiger partial charge in [-0.3, -0.25) is 0 Å². The van der Waals surface area contributed by atoms with E-state index in [9.17, 15) is 9.83 Å². The fourth-order valence-corrected chi connectivity index (χ4v) is 6.05. The Morgan fingerprint density at radius 2 is 1.32 bits per heavy atom. The van der Waals surface area contributed by atoms with Gasteiger partial charge in [0.15, 0.2) is 7.14 Å². The van der Waals surface area contributed by atoms with Gasteiger partial charge in [-0.15, -0.1) is 0 Å². The average molecular weight is 345 g/mol. The Hall–Kier alpha value is -2.62. The third kappa shape index (κ3) is 3.16. The molecule has 0 radical (unpaired) electrons. The predicted octanol–water partition coefficient (Wildman–Crippen LogP) is 4.01. The summed E-state index contributed by atoms with van der Waals surface area (Å²) in [4.78, 5) is 0. The van der Waals surface area contributed by atoms with Gasteiger partial charge in [-0.1, -0.05) is 66.7 Å². The van der Waals surface area contributed by atoms with Gasteiger partial charge in [0.2, 0.25) is 0 Å². The lowest BCUT2D eigenvalue weighted by atomic mass is 10.0. The third-order valence-corrected chi connectivity index (χ3v) is 7.69. The van der Waals surface area contributed by atoms with E-state index in [2.05, 4.69) is 6.07 Å². The van der Waals surface area contributed by atoms with Crippen molar-refractivity contribution in [3.8, 4) is 6.07 Å². The van der Waals surface area contributed by atoms with Crippen molar-refractivity contribution in [1.82, 2.24) is 0 Å². The molecule has 0 amide bonds. The van der Waals surface area contributed by atoms with Crippen molar-refractivity contribution in [2.24, 2.45) is 0 Å². The first-order valence-electron chi connectivity index (χ1n) is 8.26. The quantitative estimate of drug-likeness (QED) is 0.671. The van der Waals surface area contributed by atoms with Crippen LogP contribution in [0.15, 0.2) is 72.8 Å². The highest BCUT2D eigenvalue weighted by molar-refractivity contribution is 7.85. The summed E-state index contributed by atoms with van der Waals surface area (Å²) < 4.78 is 14.5. The third-order valence-electron chi connectivity index (χ3n) is 4.54. The van der Waals surface area contributed by atoms with E-state index < -0.39 is 7.14 Å². The van der Waals surface area contributed by atoms with Crippen LogP contribution in [-0.4, -0.2) is 0 Å². The van der Waals surface area contributed by atoms with Crippen molar-refractivity contribution >= 4 is 23.1 Å². The second-order valence-corrected chi connectivity index (χ2v) is 8.91. The van der Waals surface area contributed by atoms with Crippen molar-refractivity contribution in [1.29, 1.82) is 5.26 Å². The molecule has 0 heterocycles. The lowest BCUT2D eigenvalue weighted by Gasteiger charge is -2.23. The van der Waals surface area contributed by atoms with E-state index in [1.807, 2.05) is 86.6 Å². The molecule has 0 N–H and O–H groups in total. The highest BCUT2D eigenvalue weighted by Gasteiger charge is 2.32. The van der Waals surface area contributed by atoms with Crippen LogP contribution in [0.2, 0.25) is 0 Å². The van der Waals surface area contributed by atoms with Crippen LogP contribution >= 0.6 is 7.14 Å². The summed E-state index contributed by atoms with van der Waals surface area (Å²) in [5.74, 6) is 0. The molecule has 124 valence electrons. The molecule has 2 nitrogen and oxygen atoms in total. The summed E-state index contributed by atoms with van der Waals surface area (Å²) in [5, 5.41) is 11.6. The van der Waals surface area contributed by atoms with Gasteiger partial charge < -0.3 is 4.57 Å². The zero-order chi connectivity index (χ0) is 17.9. The van der Waals surface area contributed by atoms with Gasteiger partial charge in [0.1, 0.15) is 0 Å². The van der Waals surface area contributed by atoms with Gasteiger partial charge in [-0.05, 0) is 36.6 Å². The normalized spacial score (nSPS) is 11.1. The highest BCUT2D eigenvalue weighted by Crippen LogP contribution is 2.43. The molecular weight excluding hydrogens is 325 g/mol. The molecule has 0 fully saturated rings. The molecule has 0 aliphatic heterocycles. The molecule has 0 aliphatic carbocycles. The molecule has 0 aromatic heterocycles. The Kier molecular flexibility index (Phi) is 4.88. The van der Waals surface area contributed by atoms with Crippen LogP contribution in [0.1, 0.15) is 16.7 Å². The van der Waals surface area contributed by atoms with E-state index in [0.717, 1.165) is 32.6 Å². The van der Waals surface area contributed by atoms with Crippen LogP contribution in [0, 0.1) is 25.2 Å². The summed E-state index contributed by atoms with van der Waals surface area (Å²) in [7, 11) is -3.04. The van der Waals surface area contributed by atoms with Gasteiger partial charge in [0, 0.05) is 15.9 Å². The standard InChI is InChI=1S/C22H20NOP/c1-17-15-19(13-14-23)22(16-18(17)2)25(24,20-9-5-3-6-10-20)21-11-7-4-8-12-21/h3-12,15-16H,13H2,1-2H3. The molecule has 0 atom stereocenters. The number of hydrogen-bond acceptors (Lipinski definition) is 2. The van der Waals surface area contributed by atoms with E-state index in [-0.39, 0.29) is 6.42 Å². The number of rotatable bonds is 4. The summed E-state index contributed by atoms with van der Waals surface area (Å²) >= 11 is 0. The molecule has 0 aliphatic rings. The predicted molar refractivity (Wildman–Crippen MR) is 105 cm³/mol. The molecule has 3 aromatic rings. The molecular formula is C22H20NOP. The summed E-state index contributed by atoms with van der Waals surface area (Å²) in [6, 6.07) is 25.4. The molecule has 0 saturated heterocycles. The van der Waals surface area contributed by atoms with E-state index in [1.165, 1.54) is 0 Å². The van der Waals surface area contributed by atoms with Crippen LogP contribution in [0.5, 0.6) is 0 Å². The Bertz CT molecular complexity index is 929. The van der Waals surface area contributed by atoms with Crippen LogP contribution in [0.25, 0.3) is 0 Å². The maximum Gasteiger partial charge on any atom is 0.171 e. The molecule has 0 bridgehead atoms. The van der Waals surface area contributed by atoms with Gasteiger partial charge in [0.25, 0.3) is 0 Å². The van der Waals surface area contributed by atoms with Crippen LogP contribution in [0.3, 0.4) is 0 Å². The van der Waals surface area contributed by atoms with Gasteiger partial charge in [-0.25, -0.2) is 0 Å². The van der Waals surface area contributed by atoms with Gasteiger partial charge in [-0.2, -0.15) is 5.26 Å². The Labute approximate surface area is 149 Å². The maximum atomic E-state index is 14.5. The fourth-order valence-electron chi connectivity index (χ4n) is 3.08. The minimum absolute atomic E-state index is 0.250. The van der Waals surface area contributed by atoms with E-state index >= 15 is 0 Å². The van der Waals surface area contributed by atoms with Crippen molar-refractivity contribution in [2.45, 2.75) is 20.3 Å². The summed E-state index contributed by atoms with van der Waals surface area (Å²) in [5.41, 5.74) is 3.05. The van der Waals surface area contributed by atoms with E-state index in [4.69, 9.17) is 0 Å². The van der Waals surface area contributed by atoms with Gasteiger partial charge in [0.05, 0.1) is 12.5 Å². The first-order chi connectivity index (χ1) is 12.1. The van der Waals surface area contributed by atoms with E-state index in [1.54, 1.807) is 0 Å².